The topological polar surface area (TPSA) is 91.1 Å². The molecule has 110 valence electrons. The molecule has 6 nitrogen and oxygen atoms in total. The number of amides is 1. The minimum atomic E-state index is -1.07. The summed E-state index contributed by atoms with van der Waals surface area (Å²) in [6.45, 7) is 0. The number of carbonyl (C=O) groups excluding carboxylic acids is 1. The number of nitrogens with one attached hydrogen (secondary N) is 1. The first-order valence-corrected chi connectivity index (χ1v) is 6.97. The van der Waals surface area contributed by atoms with Gasteiger partial charge in [-0.3, -0.25) is 9.59 Å². The Kier molecular flexibility index (Phi) is 4.92. The Morgan fingerprint density at radius 3 is 3.00 bits per heavy atom. The predicted molar refractivity (Wildman–Crippen MR) is 78.2 cm³/mol. The van der Waals surface area contributed by atoms with Crippen LogP contribution in [0.3, 0.4) is 0 Å². The Bertz CT molecular complexity index is 651. The van der Waals surface area contributed by atoms with Crippen LogP contribution in [0.25, 0.3) is 0 Å². The van der Waals surface area contributed by atoms with Gasteiger partial charge in [0, 0.05) is 10.6 Å². The number of hydrogen-bond donors (Lipinski definition) is 2. The van der Waals surface area contributed by atoms with E-state index >= 15 is 0 Å². The van der Waals surface area contributed by atoms with Crippen LogP contribution in [-0.2, 0) is 9.59 Å². The van der Waals surface area contributed by atoms with Gasteiger partial charge in [-0.15, -0.1) is 5.10 Å². The molecule has 1 aromatic carbocycles. The number of carboxylic acid groups (broad SMARTS) is 1. The van der Waals surface area contributed by atoms with Gasteiger partial charge in [-0.05, 0) is 18.2 Å². The molecule has 2 rings (SSSR count). The monoisotopic (exact) mass is 329 g/mol. The van der Waals surface area contributed by atoms with Gasteiger partial charge >= 0.3 is 5.97 Å². The van der Waals surface area contributed by atoms with Crippen LogP contribution < -0.4 is 5.32 Å². The Morgan fingerprint density at radius 2 is 2.33 bits per heavy atom. The molecule has 0 radical (unpaired) electrons. The van der Waals surface area contributed by atoms with Crippen LogP contribution in [0.2, 0.25) is 5.02 Å². The number of carbonyl (C=O) groups is 2. The zero-order valence-corrected chi connectivity index (χ0v) is 12.0. The lowest BCUT2D eigenvalue weighted by atomic mass is 10.2. The molecule has 1 fully saturated rings. The first-order valence-electron chi connectivity index (χ1n) is 5.71. The molecule has 1 heterocycles. The third-order valence-electron chi connectivity index (χ3n) is 2.44. The quantitative estimate of drug-likeness (QED) is 0.651. The molecule has 1 amide bonds. The number of hydrogen-bond acceptors (Lipinski definition) is 5. The molecule has 1 atom stereocenters. The number of rotatable bonds is 4. The molecule has 1 aliphatic rings. The van der Waals surface area contributed by atoms with E-state index in [2.05, 4.69) is 15.5 Å². The van der Waals surface area contributed by atoms with Crippen molar-refractivity contribution in [3.05, 3.63) is 34.6 Å². The third kappa shape index (κ3) is 4.27. The van der Waals surface area contributed by atoms with Gasteiger partial charge in [-0.1, -0.05) is 23.4 Å². The third-order valence-corrected chi connectivity index (χ3v) is 3.75. The maximum Gasteiger partial charge on any atom is 0.305 e. The highest BCUT2D eigenvalue weighted by Crippen LogP contribution is 2.22. The number of thioether (sulfide) groups is 1. The molecule has 2 N–H and O–H groups in total. The smallest absolute Gasteiger partial charge is 0.305 e. The molecular weight excluding hydrogens is 321 g/mol. The van der Waals surface area contributed by atoms with Crippen LogP contribution >= 0.6 is 23.4 Å². The van der Waals surface area contributed by atoms with E-state index in [0.717, 1.165) is 17.8 Å². The normalized spacial score (nSPS) is 20.2. The molecule has 0 aromatic heterocycles. The maximum absolute atomic E-state index is 13.5. The van der Waals surface area contributed by atoms with Crippen molar-refractivity contribution in [2.75, 3.05) is 0 Å². The fourth-order valence-corrected chi connectivity index (χ4v) is 2.57. The van der Waals surface area contributed by atoms with E-state index < -0.39 is 22.9 Å². The maximum atomic E-state index is 13.5. The van der Waals surface area contributed by atoms with Crippen molar-refractivity contribution in [1.29, 1.82) is 0 Å². The van der Waals surface area contributed by atoms with Crippen molar-refractivity contribution in [3.63, 3.8) is 0 Å². The lowest BCUT2D eigenvalue weighted by molar-refractivity contribution is -0.138. The zero-order chi connectivity index (χ0) is 15.4. The van der Waals surface area contributed by atoms with Crippen molar-refractivity contribution in [2.45, 2.75) is 11.7 Å². The highest BCUT2D eigenvalue weighted by Gasteiger charge is 2.32. The molecular formula is C12H9ClFN3O3S. The fraction of sp³-hybridized carbons (Fsp3) is 0.167. The van der Waals surface area contributed by atoms with E-state index in [4.69, 9.17) is 16.7 Å². The Hall–Kier alpha value is -1.93. The number of amidine groups is 1. The van der Waals surface area contributed by atoms with E-state index in [0.29, 0.717) is 0 Å². The second-order valence-corrected chi connectivity index (χ2v) is 5.64. The summed E-state index contributed by atoms with van der Waals surface area (Å²) in [5.41, 5.74) is 0.195. The molecule has 1 aliphatic heterocycles. The first kappa shape index (κ1) is 15.5. The van der Waals surface area contributed by atoms with E-state index in [1.807, 2.05) is 0 Å². The van der Waals surface area contributed by atoms with Gasteiger partial charge in [0.15, 0.2) is 5.17 Å². The Balaban J connectivity index is 2.03. The number of nitrogens with zero attached hydrogens (tertiary/aromatic N) is 2. The Labute approximate surface area is 128 Å². The van der Waals surface area contributed by atoms with Crippen LogP contribution in [0, 0.1) is 5.82 Å². The average molecular weight is 330 g/mol. The van der Waals surface area contributed by atoms with Gasteiger partial charge in [-0.2, -0.15) is 5.10 Å². The van der Waals surface area contributed by atoms with Crippen molar-refractivity contribution in [2.24, 2.45) is 10.2 Å². The molecule has 1 saturated heterocycles. The summed E-state index contributed by atoms with van der Waals surface area (Å²) in [6.07, 6.45) is 0.876. The van der Waals surface area contributed by atoms with Crippen molar-refractivity contribution in [3.8, 4) is 0 Å². The average Bonchev–Trinajstić information content (AvgIpc) is 2.72. The fourth-order valence-electron chi connectivity index (χ4n) is 1.49. The first-order chi connectivity index (χ1) is 9.95. The minimum absolute atomic E-state index is 0.178. The molecule has 1 aromatic rings. The summed E-state index contributed by atoms with van der Waals surface area (Å²) < 4.78 is 13.5. The summed E-state index contributed by atoms with van der Waals surface area (Å²) in [5.74, 6) is -2.05. The highest BCUT2D eigenvalue weighted by atomic mass is 35.5. The lowest BCUT2D eigenvalue weighted by Crippen LogP contribution is -2.26. The van der Waals surface area contributed by atoms with Crippen LogP contribution in [0.5, 0.6) is 0 Å². The van der Waals surface area contributed by atoms with E-state index in [-0.39, 0.29) is 22.2 Å². The molecule has 0 aliphatic carbocycles. The van der Waals surface area contributed by atoms with E-state index in [9.17, 15) is 14.0 Å². The van der Waals surface area contributed by atoms with Crippen LogP contribution in [0.1, 0.15) is 12.0 Å². The summed E-state index contributed by atoms with van der Waals surface area (Å²) in [7, 11) is 0. The number of aliphatic carboxylic acids is 1. The molecule has 21 heavy (non-hydrogen) atoms. The van der Waals surface area contributed by atoms with E-state index in [1.165, 1.54) is 18.3 Å². The summed E-state index contributed by atoms with van der Waals surface area (Å²) in [6, 6.07) is 4.09. The van der Waals surface area contributed by atoms with Crippen molar-refractivity contribution >= 4 is 46.6 Å². The van der Waals surface area contributed by atoms with Gasteiger partial charge in [-0.25, -0.2) is 4.39 Å². The summed E-state index contributed by atoms with van der Waals surface area (Å²) in [5, 5.41) is 18.1. The molecule has 0 saturated carbocycles. The number of benzene rings is 1. The second-order valence-electron chi connectivity index (χ2n) is 4.01. The van der Waals surface area contributed by atoms with E-state index in [1.54, 1.807) is 0 Å². The molecule has 0 spiro atoms. The number of halogens is 2. The van der Waals surface area contributed by atoms with Gasteiger partial charge in [0.2, 0.25) is 5.91 Å². The van der Waals surface area contributed by atoms with Crippen LogP contribution in [-0.4, -0.2) is 33.6 Å². The van der Waals surface area contributed by atoms with Gasteiger partial charge < -0.3 is 10.4 Å². The molecule has 9 heteroatoms. The lowest BCUT2D eigenvalue weighted by Gasteiger charge is -1.98. The van der Waals surface area contributed by atoms with Crippen molar-refractivity contribution < 1.29 is 19.1 Å². The largest absolute Gasteiger partial charge is 0.481 e. The second kappa shape index (κ2) is 6.68. The van der Waals surface area contributed by atoms with Crippen LogP contribution in [0.15, 0.2) is 28.4 Å². The van der Waals surface area contributed by atoms with Crippen molar-refractivity contribution in [1.82, 2.24) is 5.32 Å². The molecule has 1 unspecified atom stereocenters. The zero-order valence-electron chi connectivity index (χ0n) is 10.4. The van der Waals surface area contributed by atoms with Gasteiger partial charge in [0.25, 0.3) is 0 Å². The minimum Gasteiger partial charge on any atom is -0.481 e. The van der Waals surface area contributed by atoms with Crippen LogP contribution in [0.4, 0.5) is 4.39 Å². The standard InChI is InChI=1S/C12H9ClFN3O3S/c13-7-2-1-6(8(14)3-7)5-15-17-12-16-11(20)9(21-12)4-10(18)19/h1-3,5,9H,4H2,(H,18,19)(H,16,17,20). The summed E-state index contributed by atoms with van der Waals surface area (Å²) >= 11 is 6.59. The molecule has 0 bridgehead atoms. The SMILES string of the molecule is O=C(O)CC1SC(=NN=Cc2ccc(Cl)cc2F)NC1=O. The number of carboxylic acids is 1. The Morgan fingerprint density at radius 1 is 1.57 bits per heavy atom. The highest BCUT2D eigenvalue weighted by molar-refractivity contribution is 8.15. The van der Waals surface area contributed by atoms with Gasteiger partial charge in [0.05, 0.1) is 12.6 Å². The predicted octanol–water partition coefficient (Wildman–Crippen LogP) is 1.88. The summed E-state index contributed by atoms with van der Waals surface area (Å²) in [4.78, 5) is 22.0. The van der Waals surface area contributed by atoms with Gasteiger partial charge in [0.1, 0.15) is 11.1 Å².